The Morgan fingerprint density at radius 2 is 1.89 bits per heavy atom. The minimum Gasteiger partial charge on any atom is -0.395 e. The van der Waals surface area contributed by atoms with Gasteiger partial charge in [-0.15, -0.1) is 0 Å². The topological polar surface area (TPSA) is 19.4 Å². The number of halogens is 1. The zero-order chi connectivity index (χ0) is 13.4. The van der Waals surface area contributed by atoms with Gasteiger partial charge in [-0.05, 0) is 32.0 Å². The SMILES string of the molecule is CC(C)N1[B]N(c2cc(F)ccn2)c2ccccc21. The molecule has 0 N–H and O–H groups in total. The van der Waals surface area contributed by atoms with E-state index < -0.39 is 0 Å². The number of fused-ring (bicyclic) bond motifs is 1. The molecule has 1 aliphatic rings. The van der Waals surface area contributed by atoms with Crippen LogP contribution in [0, 0.1) is 5.82 Å². The number of anilines is 3. The molecule has 0 spiro atoms. The van der Waals surface area contributed by atoms with Crippen molar-refractivity contribution in [2.75, 3.05) is 9.62 Å². The van der Waals surface area contributed by atoms with E-state index in [0.717, 1.165) is 11.4 Å². The van der Waals surface area contributed by atoms with Crippen molar-refractivity contribution in [3.8, 4) is 0 Å². The molecule has 3 rings (SSSR count). The molecule has 5 heteroatoms. The van der Waals surface area contributed by atoms with Crippen molar-refractivity contribution in [2.45, 2.75) is 19.9 Å². The van der Waals surface area contributed by atoms with Gasteiger partial charge in [-0.25, -0.2) is 9.37 Å². The molecule has 1 aromatic heterocycles. The number of benzene rings is 1. The quantitative estimate of drug-likeness (QED) is 0.767. The molecule has 1 aliphatic heterocycles. The third kappa shape index (κ3) is 2.05. The van der Waals surface area contributed by atoms with Crippen LogP contribution < -0.4 is 9.62 Å². The first-order valence-electron chi connectivity index (χ1n) is 6.30. The molecule has 0 amide bonds. The van der Waals surface area contributed by atoms with Crippen molar-refractivity contribution >= 4 is 24.7 Å². The summed E-state index contributed by atoms with van der Waals surface area (Å²) < 4.78 is 13.4. The Morgan fingerprint density at radius 3 is 2.58 bits per heavy atom. The van der Waals surface area contributed by atoms with Crippen molar-refractivity contribution in [3.05, 3.63) is 48.4 Å². The summed E-state index contributed by atoms with van der Waals surface area (Å²) in [5, 5.41) is 0. The molecule has 0 saturated carbocycles. The largest absolute Gasteiger partial charge is 0.397 e. The molecule has 0 bridgehead atoms. The summed E-state index contributed by atoms with van der Waals surface area (Å²) in [5.74, 6) is 0.314. The van der Waals surface area contributed by atoms with Crippen LogP contribution in [0.15, 0.2) is 42.6 Å². The molecule has 1 radical (unpaired) electrons. The fraction of sp³-hybridized carbons (Fsp3) is 0.214. The molecule has 95 valence electrons. The maximum Gasteiger partial charge on any atom is 0.397 e. The van der Waals surface area contributed by atoms with E-state index >= 15 is 0 Å². The molecular formula is C14H14BFN3. The Labute approximate surface area is 113 Å². The normalized spacial score (nSPS) is 13.7. The standard InChI is InChI=1S/C14H14BFN3/c1-10(2)18-12-5-3-4-6-13(12)19(15-18)14-9-11(16)7-8-17-14/h3-10H,1-2H3. The Bertz CT molecular complexity index is 603. The third-order valence-electron chi connectivity index (χ3n) is 3.17. The summed E-state index contributed by atoms with van der Waals surface area (Å²) >= 11 is 0. The first kappa shape index (κ1) is 12.0. The van der Waals surface area contributed by atoms with Gasteiger partial charge in [0.2, 0.25) is 0 Å². The van der Waals surface area contributed by atoms with E-state index in [1.165, 1.54) is 18.3 Å². The third-order valence-corrected chi connectivity index (χ3v) is 3.17. The second-order valence-electron chi connectivity index (χ2n) is 4.81. The maximum absolute atomic E-state index is 13.4. The van der Waals surface area contributed by atoms with Crippen molar-refractivity contribution in [1.29, 1.82) is 0 Å². The Hall–Kier alpha value is -2.04. The Kier molecular flexibility index (Phi) is 2.89. The molecule has 2 heterocycles. The van der Waals surface area contributed by atoms with Gasteiger partial charge in [-0.1, -0.05) is 12.1 Å². The van der Waals surface area contributed by atoms with Gasteiger partial charge in [0.25, 0.3) is 0 Å². The van der Waals surface area contributed by atoms with Crippen LogP contribution in [0.4, 0.5) is 21.6 Å². The highest BCUT2D eigenvalue weighted by Crippen LogP contribution is 2.39. The molecule has 0 fully saturated rings. The molecular weight excluding hydrogens is 240 g/mol. The second kappa shape index (κ2) is 4.57. The van der Waals surface area contributed by atoms with Crippen molar-refractivity contribution < 1.29 is 4.39 Å². The molecule has 3 nitrogen and oxygen atoms in total. The van der Waals surface area contributed by atoms with Crippen LogP contribution in [-0.4, -0.2) is 18.6 Å². The minimum atomic E-state index is -0.279. The lowest BCUT2D eigenvalue weighted by molar-refractivity contribution is 0.626. The van der Waals surface area contributed by atoms with Gasteiger partial charge in [0, 0.05) is 24.0 Å². The first-order chi connectivity index (χ1) is 9.16. The first-order valence-corrected chi connectivity index (χ1v) is 6.30. The number of hydrogen-bond donors (Lipinski definition) is 0. The predicted molar refractivity (Wildman–Crippen MR) is 76.1 cm³/mol. The minimum absolute atomic E-state index is 0.279. The monoisotopic (exact) mass is 254 g/mol. The van der Waals surface area contributed by atoms with Crippen LogP contribution in [0.5, 0.6) is 0 Å². The average Bonchev–Trinajstić information content (AvgIpc) is 2.78. The van der Waals surface area contributed by atoms with Crippen molar-refractivity contribution in [3.63, 3.8) is 0 Å². The fourth-order valence-corrected chi connectivity index (χ4v) is 2.25. The molecule has 19 heavy (non-hydrogen) atoms. The zero-order valence-electron chi connectivity index (χ0n) is 10.9. The van der Waals surface area contributed by atoms with E-state index in [4.69, 9.17) is 0 Å². The molecule has 0 unspecified atom stereocenters. The van der Waals surface area contributed by atoms with E-state index in [-0.39, 0.29) is 5.82 Å². The number of nitrogens with zero attached hydrogens (tertiary/aromatic N) is 3. The van der Waals surface area contributed by atoms with E-state index in [1.54, 1.807) is 0 Å². The van der Waals surface area contributed by atoms with Gasteiger partial charge in [0.15, 0.2) is 0 Å². The van der Waals surface area contributed by atoms with Crippen LogP contribution in [0.25, 0.3) is 0 Å². The van der Waals surface area contributed by atoms with Crippen LogP contribution in [-0.2, 0) is 0 Å². The molecule has 0 aliphatic carbocycles. The van der Waals surface area contributed by atoms with Gasteiger partial charge >= 0.3 is 7.55 Å². The molecule has 1 aromatic carbocycles. The summed E-state index contributed by atoms with van der Waals surface area (Å²) in [7, 11) is 1.97. The van der Waals surface area contributed by atoms with Crippen LogP contribution in [0.3, 0.4) is 0 Å². The number of aromatic nitrogens is 1. The number of para-hydroxylation sites is 2. The second-order valence-corrected chi connectivity index (χ2v) is 4.81. The number of rotatable bonds is 2. The Morgan fingerprint density at radius 1 is 1.16 bits per heavy atom. The fourth-order valence-electron chi connectivity index (χ4n) is 2.25. The number of hydrogen-bond acceptors (Lipinski definition) is 3. The van der Waals surface area contributed by atoms with Crippen molar-refractivity contribution in [1.82, 2.24) is 4.98 Å². The predicted octanol–water partition coefficient (Wildman–Crippen LogP) is 3.12. The zero-order valence-corrected chi connectivity index (χ0v) is 10.9. The average molecular weight is 254 g/mol. The summed E-state index contributed by atoms with van der Waals surface area (Å²) in [4.78, 5) is 8.31. The van der Waals surface area contributed by atoms with Gasteiger partial charge in [-0.3, -0.25) is 0 Å². The van der Waals surface area contributed by atoms with Crippen molar-refractivity contribution in [2.24, 2.45) is 0 Å². The van der Waals surface area contributed by atoms with E-state index in [1.807, 2.05) is 30.6 Å². The van der Waals surface area contributed by atoms with Crippen LogP contribution >= 0.6 is 0 Å². The highest BCUT2D eigenvalue weighted by molar-refractivity contribution is 6.53. The van der Waals surface area contributed by atoms with Gasteiger partial charge in [-0.2, -0.15) is 0 Å². The lowest BCUT2D eigenvalue weighted by Crippen LogP contribution is -2.37. The summed E-state index contributed by atoms with van der Waals surface area (Å²) in [6, 6.07) is 11.2. The van der Waals surface area contributed by atoms with Gasteiger partial charge in [0.05, 0.1) is 5.69 Å². The van der Waals surface area contributed by atoms with E-state index in [2.05, 4.69) is 29.7 Å². The van der Waals surface area contributed by atoms with E-state index in [9.17, 15) is 4.39 Å². The molecule has 0 saturated heterocycles. The Balaban J connectivity index is 2.06. The summed E-state index contributed by atoms with van der Waals surface area (Å²) in [6.45, 7) is 4.24. The smallest absolute Gasteiger partial charge is 0.395 e. The molecule has 2 aromatic rings. The lowest BCUT2D eigenvalue weighted by Gasteiger charge is -2.23. The highest BCUT2D eigenvalue weighted by Gasteiger charge is 2.31. The highest BCUT2D eigenvalue weighted by atomic mass is 19.1. The maximum atomic E-state index is 13.4. The van der Waals surface area contributed by atoms with Gasteiger partial charge in [0.1, 0.15) is 11.6 Å². The van der Waals surface area contributed by atoms with Crippen LogP contribution in [0.2, 0.25) is 0 Å². The summed E-state index contributed by atoms with van der Waals surface area (Å²) in [5.41, 5.74) is 2.14. The summed E-state index contributed by atoms with van der Waals surface area (Å²) in [6.07, 6.45) is 1.49. The lowest BCUT2D eigenvalue weighted by atomic mass is 10.0. The van der Waals surface area contributed by atoms with E-state index in [0.29, 0.717) is 11.9 Å². The molecule has 0 atom stereocenters. The van der Waals surface area contributed by atoms with Gasteiger partial charge < -0.3 is 9.62 Å². The number of pyridine rings is 1. The van der Waals surface area contributed by atoms with Crippen LogP contribution in [0.1, 0.15) is 13.8 Å².